The lowest BCUT2D eigenvalue weighted by Gasteiger charge is -2.31. The van der Waals surface area contributed by atoms with E-state index in [2.05, 4.69) is 5.32 Å². The second-order valence-electron chi connectivity index (χ2n) is 6.54. The SMILES string of the molecule is CCCOC(=O)C1=C(C)NC(C)=C(C(=O)OCCOC)C1c1cccc(Cl)c1Cl. The molecule has 1 unspecified atom stereocenters. The highest BCUT2D eigenvalue weighted by molar-refractivity contribution is 6.42. The molecule has 1 aliphatic rings. The highest BCUT2D eigenvalue weighted by Gasteiger charge is 2.39. The average Bonchev–Trinajstić information content (AvgIpc) is 2.67. The molecule has 0 fully saturated rings. The molecule has 0 spiro atoms. The Kier molecular flexibility index (Phi) is 8.56. The molecule has 2 rings (SSSR count). The van der Waals surface area contributed by atoms with Gasteiger partial charge in [0.05, 0.1) is 40.3 Å². The second-order valence-corrected chi connectivity index (χ2v) is 7.33. The number of carbonyl (C=O) groups is 2. The Balaban J connectivity index is 2.58. The van der Waals surface area contributed by atoms with Crippen molar-refractivity contribution >= 4 is 35.1 Å². The number of halogens is 2. The van der Waals surface area contributed by atoms with Gasteiger partial charge in [-0.25, -0.2) is 9.59 Å². The van der Waals surface area contributed by atoms with Crippen LogP contribution in [0.1, 0.15) is 38.7 Å². The van der Waals surface area contributed by atoms with Crippen molar-refractivity contribution in [3.8, 4) is 0 Å². The third-order valence-corrected chi connectivity index (χ3v) is 5.28. The lowest BCUT2D eigenvalue weighted by Crippen LogP contribution is -2.33. The summed E-state index contributed by atoms with van der Waals surface area (Å²) in [6, 6.07) is 5.10. The molecule has 6 nitrogen and oxygen atoms in total. The summed E-state index contributed by atoms with van der Waals surface area (Å²) in [4.78, 5) is 25.8. The van der Waals surface area contributed by atoms with Crippen molar-refractivity contribution < 1.29 is 23.8 Å². The number of rotatable bonds is 8. The molecule has 1 heterocycles. The van der Waals surface area contributed by atoms with Crippen LogP contribution in [0.5, 0.6) is 0 Å². The summed E-state index contributed by atoms with van der Waals surface area (Å²) in [5.74, 6) is -1.86. The number of hydrogen-bond acceptors (Lipinski definition) is 6. The van der Waals surface area contributed by atoms with Gasteiger partial charge in [0.2, 0.25) is 0 Å². The quantitative estimate of drug-likeness (QED) is 0.476. The Bertz CT molecular complexity index is 847. The zero-order valence-corrected chi connectivity index (χ0v) is 18.4. The fraction of sp³-hybridized carbons (Fsp3) is 0.429. The van der Waals surface area contributed by atoms with Crippen LogP contribution in [0.15, 0.2) is 40.7 Å². The van der Waals surface area contributed by atoms with Crippen LogP contribution >= 0.6 is 23.2 Å². The van der Waals surface area contributed by atoms with E-state index in [4.69, 9.17) is 37.4 Å². The number of benzene rings is 1. The number of methoxy groups -OCH3 is 1. The molecule has 29 heavy (non-hydrogen) atoms. The number of nitrogens with one attached hydrogen (secondary N) is 1. The van der Waals surface area contributed by atoms with Gasteiger partial charge in [-0.05, 0) is 31.9 Å². The maximum Gasteiger partial charge on any atom is 0.336 e. The first-order chi connectivity index (χ1) is 13.8. The molecule has 1 aliphatic heterocycles. The Morgan fingerprint density at radius 3 is 2.14 bits per heavy atom. The predicted octanol–water partition coefficient (Wildman–Crippen LogP) is 4.37. The summed E-state index contributed by atoms with van der Waals surface area (Å²) in [5, 5.41) is 3.69. The molecule has 0 aliphatic carbocycles. The van der Waals surface area contributed by atoms with Crippen LogP contribution in [0, 0.1) is 0 Å². The fourth-order valence-electron chi connectivity index (χ4n) is 3.16. The molecular formula is C21H25Cl2NO5. The third kappa shape index (κ3) is 5.32. The van der Waals surface area contributed by atoms with Crippen molar-refractivity contribution in [2.24, 2.45) is 0 Å². The van der Waals surface area contributed by atoms with Gasteiger partial charge in [-0.2, -0.15) is 0 Å². The highest BCUT2D eigenvalue weighted by atomic mass is 35.5. The molecule has 0 radical (unpaired) electrons. The zero-order chi connectivity index (χ0) is 21.6. The molecule has 1 aromatic carbocycles. The Hall–Kier alpha value is -2.02. The van der Waals surface area contributed by atoms with E-state index in [9.17, 15) is 9.59 Å². The normalized spacial score (nSPS) is 16.6. The minimum atomic E-state index is -0.776. The first-order valence-electron chi connectivity index (χ1n) is 9.29. The molecule has 1 N–H and O–H groups in total. The Morgan fingerprint density at radius 2 is 1.59 bits per heavy atom. The van der Waals surface area contributed by atoms with Crippen molar-refractivity contribution in [3.05, 3.63) is 56.3 Å². The van der Waals surface area contributed by atoms with Gasteiger partial charge in [0.15, 0.2) is 0 Å². The van der Waals surface area contributed by atoms with E-state index < -0.39 is 17.9 Å². The summed E-state index contributed by atoms with van der Waals surface area (Å²) >= 11 is 12.7. The molecule has 8 heteroatoms. The smallest absolute Gasteiger partial charge is 0.336 e. The van der Waals surface area contributed by atoms with Crippen molar-refractivity contribution in [3.63, 3.8) is 0 Å². The van der Waals surface area contributed by atoms with E-state index in [1.165, 1.54) is 7.11 Å². The van der Waals surface area contributed by atoms with Gasteiger partial charge in [0, 0.05) is 18.5 Å². The van der Waals surface area contributed by atoms with E-state index >= 15 is 0 Å². The van der Waals surface area contributed by atoms with Crippen LogP contribution in [-0.2, 0) is 23.8 Å². The maximum atomic E-state index is 12.9. The van der Waals surface area contributed by atoms with Crippen LogP contribution in [0.25, 0.3) is 0 Å². The molecule has 0 saturated carbocycles. The van der Waals surface area contributed by atoms with Crippen LogP contribution in [0.3, 0.4) is 0 Å². The number of carbonyl (C=O) groups excluding carboxylic acids is 2. The van der Waals surface area contributed by atoms with Gasteiger partial charge in [-0.15, -0.1) is 0 Å². The molecule has 0 amide bonds. The molecule has 0 aromatic heterocycles. The topological polar surface area (TPSA) is 73.9 Å². The number of ether oxygens (including phenoxy) is 3. The van der Waals surface area contributed by atoms with Crippen molar-refractivity contribution in [1.29, 1.82) is 0 Å². The molecule has 1 aromatic rings. The fourth-order valence-corrected chi connectivity index (χ4v) is 3.57. The monoisotopic (exact) mass is 441 g/mol. The van der Waals surface area contributed by atoms with Crippen LogP contribution < -0.4 is 5.32 Å². The van der Waals surface area contributed by atoms with Gasteiger partial charge in [-0.1, -0.05) is 42.3 Å². The molecule has 1 atom stereocenters. The summed E-state index contributed by atoms with van der Waals surface area (Å²) in [5.41, 5.74) is 2.25. The first kappa shape index (κ1) is 23.3. The molecule has 0 bridgehead atoms. The molecular weight excluding hydrogens is 417 g/mol. The largest absolute Gasteiger partial charge is 0.462 e. The van der Waals surface area contributed by atoms with Crippen LogP contribution in [0.4, 0.5) is 0 Å². The first-order valence-corrected chi connectivity index (χ1v) is 10.0. The van der Waals surface area contributed by atoms with Crippen molar-refractivity contribution in [2.75, 3.05) is 26.9 Å². The zero-order valence-electron chi connectivity index (χ0n) is 16.9. The van der Waals surface area contributed by atoms with E-state index in [1.54, 1.807) is 32.0 Å². The van der Waals surface area contributed by atoms with Gasteiger partial charge in [-0.3, -0.25) is 0 Å². The summed E-state index contributed by atoms with van der Waals surface area (Å²) < 4.78 is 15.7. The lowest BCUT2D eigenvalue weighted by atomic mass is 9.80. The molecule has 0 saturated heterocycles. The van der Waals surface area contributed by atoms with E-state index in [0.717, 1.165) is 0 Å². The molecule has 158 valence electrons. The number of esters is 2. The average molecular weight is 442 g/mol. The maximum absolute atomic E-state index is 12.9. The number of dihydropyridines is 1. The van der Waals surface area contributed by atoms with Crippen molar-refractivity contribution in [2.45, 2.75) is 33.1 Å². The van der Waals surface area contributed by atoms with Crippen molar-refractivity contribution in [1.82, 2.24) is 5.32 Å². The second kappa shape index (κ2) is 10.7. The Labute approximate surface area is 180 Å². The van der Waals surface area contributed by atoms with Crippen LogP contribution in [0.2, 0.25) is 10.0 Å². The Morgan fingerprint density at radius 1 is 1.00 bits per heavy atom. The summed E-state index contributed by atoms with van der Waals surface area (Å²) in [6.45, 7) is 6.01. The van der Waals surface area contributed by atoms with Gasteiger partial charge >= 0.3 is 11.9 Å². The predicted molar refractivity (Wildman–Crippen MR) is 112 cm³/mol. The lowest BCUT2D eigenvalue weighted by molar-refractivity contribution is -0.141. The van der Waals surface area contributed by atoms with E-state index in [0.29, 0.717) is 34.0 Å². The van der Waals surface area contributed by atoms with E-state index in [-0.39, 0.29) is 30.4 Å². The summed E-state index contributed by atoms with van der Waals surface area (Å²) in [7, 11) is 1.52. The third-order valence-electron chi connectivity index (χ3n) is 4.45. The van der Waals surface area contributed by atoms with E-state index in [1.807, 2.05) is 6.92 Å². The minimum Gasteiger partial charge on any atom is -0.462 e. The number of hydrogen-bond donors (Lipinski definition) is 1. The van der Waals surface area contributed by atoms with Gasteiger partial charge in [0.1, 0.15) is 6.61 Å². The van der Waals surface area contributed by atoms with Gasteiger partial charge in [0.25, 0.3) is 0 Å². The van der Waals surface area contributed by atoms with Crippen LogP contribution in [-0.4, -0.2) is 38.9 Å². The summed E-state index contributed by atoms with van der Waals surface area (Å²) in [6.07, 6.45) is 0.675. The highest BCUT2D eigenvalue weighted by Crippen LogP contribution is 2.43. The number of allylic oxidation sites excluding steroid dienone is 2. The van der Waals surface area contributed by atoms with Gasteiger partial charge < -0.3 is 19.5 Å². The minimum absolute atomic E-state index is 0.0838. The standard InChI is InChI=1S/C21H25Cl2NO5/c1-5-9-28-20(25)16-12(2)24-13(3)17(21(26)29-11-10-27-4)18(16)14-7-6-8-15(22)19(14)23/h6-8,18,24H,5,9-11H2,1-4H3.